The summed E-state index contributed by atoms with van der Waals surface area (Å²) in [5.41, 5.74) is 0. The van der Waals surface area contributed by atoms with Crippen LogP contribution in [-0.4, -0.2) is 60.5 Å². The van der Waals surface area contributed by atoms with Crippen molar-refractivity contribution < 1.29 is 19.7 Å². The predicted molar refractivity (Wildman–Crippen MR) is 54.7 cm³/mol. The third kappa shape index (κ3) is 3.77. The van der Waals surface area contributed by atoms with Crippen LogP contribution in [-0.2, 0) is 9.53 Å². The number of hydrogen-bond acceptors (Lipinski definition) is 4. The number of likely N-dealkylation sites (N-methyl/N-ethyl adjacent to an activating group) is 1. The Bertz CT molecular complexity index is 217. The van der Waals surface area contributed by atoms with Crippen molar-refractivity contribution in [1.82, 2.24) is 4.90 Å². The summed E-state index contributed by atoms with van der Waals surface area (Å²) in [6, 6.07) is -0.462. The molecule has 1 rings (SSSR count). The van der Waals surface area contributed by atoms with E-state index < -0.39 is 18.1 Å². The molecule has 2 atom stereocenters. The normalized spacial score (nSPS) is 20.3. The maximum atomic E-state index is 11.0. The molecular weight excluding hydrogens is 198 g/mol. The van der Waals surface area contributed by atoms with Crippen LogP contribution in [0.25, 0.3) is 0 Å². The molecule has 0 amide bonds. The van der Waals surface area contributed by atoms with E-state index in [1.54, 1.807) is 11.9 Å². The average Bonchev–Trinajstić information content (AvgIpc) is 2.87. The maximum absolute atomic E-state index is 11.0. The zero-order valence-corrected chi connectivity index (χ0v) is 9.22. The molecule has 0 aromatic carbocycles. The number of aliphatic hydroxyl groups is 1. The Balaban J connectivity index is 2.41. The van der Waals surface area contributed by atoms with E-state index in [-0.39, 0.29) is 12.5 Å². The van der Waals surface area contributed by atoms with Crippen molar-refractivity contribution in [3.63, 3.8) is 0 Å². The van der Waals surface area contributed by atoms with E-state index in [1.165, 1.54) is 7.11 Å². The number of hydrogen-bond donors (Lipinski definition) is 2. The van der Waals surface area contributed by atoms with Crippen molar-refractivity contribution >= 4 is 5.97 Å². The van der Waals surface area contributed by atoms with E-state index in [0.29, 0.717) is 6.54 Å². The Morgan fingerprint density at radius 2 is 2.20 bits per heavy atom. The molecule has 0 heterocycles. The first-order chi connectivity index (χ1) is 7.06. The number of rotatable bonds is 7. The minimum atomic E-state index is -0.801. The van der Waals surface area contributed by atoms with Crippen LogP contribution in [0.3, 0.4) is 0 Å². The standard InChI is InChI=1S/C10H19NO4/c1-11(5-8(12)6-15-2)9(10(13)14)7-3-4-7/h7-9,12H,3-6H2,1-2H3,(H,13,14). The van der Waals surface area contributed by atoms with Crippen LogP contribution in [0.4, 0.5) is 0 Å². The van der Waals surface area contributed by atoms with Gasteiger partial charge in [0.2, 0.25) is 0 Å². The number of aliphatic hydroxyl groups excluding tert-OH is 1. The molecule has 2 N–H and O–H groups in total. The molecule has 0 aliphatic heterocycles. The second-order valence-corrected chi connectivity index (χ2v) is 4.17. The molecule has 88 valence electrons. The molecule has 15 heavy (non-hydrogen) atoms. The number of carbonyl (C=O) groups is 1. The Morgan fingerprint density at radius 3 is 2.60 bits per heavy atom. The molecule has 0 aromatic rings. The average molecular weight is 217 g/mol. The quantitative estimate of drug-likeness (QED) is 0.617. The molecule has 2 unspecified atom stereocenters. The lowest BCUT2D eigenvalue weighted by atomic mass is 10.1. The summed E-state index contributed by atoms with van der Waals surface area (Å²) >= 11 is 0. The largest absolute Gasteiger partial charge is 0.480 e. The van der Waals surface area contributed by atoms with Gasteiger partial charge in [0.05, 0.1) is 12.7 Å². The zero-order chi connectivity index (χ0) is 11.4. The fourth-order valence-corrected chi connectivity index (χ4v) is 1.85. The molecule has 1 fully saturated rings. The fraction of sp³-hybridized carbons (Fsp3) is 0.900. The lowest BCUT2D eigenvalue weighted by Crippen LogP contribution is -2.44. The highest BCUT2D eigenvalue weighted by atomic mass is 16.5. The van der Waals surface area contributed by atoms with Crippen molar-refractivity contribution in [2.24, 2.45) is 5.92 Å². The van der Waals surface area contributed by atoms with Crippen molar-refractivity contribution in [1.29, 1.82) is 0 Å². The Kier molecular flexibility index (Phi) is 4.50. The molecule has 1 aliphatic rings. The van der Waals surface area contributed by atoms with Crippen molar-refractivity contribution in [2.75, 3.05) is 27.3 Å². The van der Waals surface area contributed by atoms with Gasteiger partial charge in [0.1, 0.15) is 6.04 Å². The first kappa shape index (κ1) is 12.4. The monoisotopic (exact) mass is 217 g/mol. The highest BCUT2D eigenvalue weighted by molar-refractivity contribution is 5.74. The van der Waals surface area contributed by atoms with E-state index in [0.717, 1.165) is 12.8 Å². The minimum absolute atomic E-state index is 0.237. The Hall–Kier alpha value is -0.650. The lowest BCUT2D eigenvalue weighted by molar-refractivity contribution is -0.144. The number of carboxylic acids is 1. The second kappa shape index (κ2) is 5.44. The number of carboxylic acid groups (broad SMARTS) is 1. The van der Waals surface area contributed by atoms with E-state index in [4.69, 9.17) is 9.84 Å². The third-order valence-electron chi connectivity index (χ3n) is 2.65. The van der Waals surface area contributed by atoms with E-state index >= 15 is 0 Å². The fourth-order valence-electron chi connectivity index (χ4n) is 1.85. The van der Waals surface area contributed by atoms with Crippen molar-refractivity contribution in [3.05, 3.63) is 0 Å². The first-order valence-corrected chi connectivity index (χ1v) is 5.16. The Labute approximate surface area is 89.6 Å². The van der Waals surface area contributed by atoms with Crippen LogP contribution in [0.5, 0.6) is 0 Å². The first-order valence-electron chi connectivity index (χ1n) is 5.16. The van der Waals surface area contributed by atoms with E-state index in [2.05, 4.69) is 0 Å². The SMILES string of the molecule is COCC(O)CN(C)C(C(=O)O)C1CC1. The molecule has 0 aromatic heterocycles. The van der Waals surface area contributed by atoms with Gasteiger partial charge in [-0.2, -0.15) is 0 Å². The summed E-state index contributed by atoms with van der Waals surface area (Å²) < 4.78 is 4.80. The minimum Gasteiger partial charge on any atom is -0.480 e. The van der Waals surface area contributed by atoms with Gasteiger partial charge in [-0.15, -0.1) is 0 Å². The summed E-state index contributed by atoms with van der Waals surface area (Å²) in [5.74, 6) is -0.549. The molecule has 5 nitrogen and oxygen atoms in total. The van der Waals surface area contributed by atoms with Gasteiger partial charge in [-0.25, -0.2) is 0 Å². The van der Waals surface area contributed by atoms with Crippen LogP contribution in [0.1, 0.15) is 12.8 Å². The smallest absolute Gasteiger partial charge is 0.321 e. The summed E-state index contributed by atoms with van der Waals surface area (Å²) in [6.45, 7) is 0.572. The van der Waals surface area contributed by atoms with Gasteiger partial charge in [-0.3, -0.25) is 9.69 Å². The maximum Gasteiger partial charge on any atom is 0.321 e. The van der Waals surface area contributed by atoms with Gasteiger partial charge >= 0.3 is 5.97 Å². The van der Waals surface area contributed by atoms with Gasteiger partial charge in [0, 0.05) is 13.7 Å². The molecule has 5 heteroatoms. The summed E-state index contributed by atoms with van der Waals surface area (Å²) in [7, 11) is 3.24. The van der Waals surface area contributed by atoms with Crippen LogP contribution in [0.2, 0.25) is 0 Å². The number of aliphatic carboxylic acids is 1. The highest BCUT2D eigenvalue weighted by Gasteiger charge is 2.39. The predicted octanol–water partition coefficient (Wildman–Crippen LogP) is -0.211. The lowest BCUT2D eigenvalue weighted by Gasteiger charge is -2.26. The highest BCUT2D eigenvalue weighted by Crippen LogP contribution is 2.35. The zero-order valence-electron chi connectivity index (χ0n) is 9.22. The second-order valence-electron chi connectivity index (χ2n) is 4.17. The van der Waals surface area contributed by atoms with E-state index in [1.807, 2.05) is 0 Å². The molecule has 0 radical (unpaired) electrons. The summed E-state index contributed by atoms with van der Waals surface area (Å²) in [5, 5.41) is 18.5. The summed E-state index contributed by atoms with van der Waals surface area (Å²) in [4.78, 5) is 12.7. The molecule has 0 saturated heterocycles. The molecular formula is C10H19NO4. The molecule has 0 bridgehead atoms. The third-order valence-corrected chi connectivity index (χ3v) is 2.65. The van der Waals surface area contributed by atoms with Gasteiger partial charge in [0.15, 0.2) is 0 Å². The van der Waals surface area contributed by atoms with Gasteiger partial charge in [-0.1, -0.05) is 0 Å². The van der Waals surface area contributed by atoms with Crippen LogP contribution in [0, 0.1) is 5.92 Å². The molecule has 1 saturated carbocycles. The van der Waals surface area contributed by atoms with Gasteiger partial charge in [-0.05, 0) is 25.8 Å². The van der Waals surface area contributed by atoms with Gasteiger partial charge in [0.25, 0.3) is 0 Å². The molecule has 0 spiro atoms. The topological polar surface area (TPSA) is 70.0 Å². The Morgan fingerprint density at radius 1 is 1.60 bits per heavy atom. The van der Waals surface area contributed by atoms with Crippen LogP contribution in [0.15, 0.2) is 0 Å². The molecule has 1 aliphatic carbocycles. The van der Waals surface area contributed by atoms with Gasteiger partial charge < -0.3 is 14.9 Å². The van der Waals surface area contributed by atoms with Crippen LogP contribution >= 0.6 is 0 Å². The number of nitrogens with zero attached hydrogens (tertiary/aromatic N) is 1. The van der Waals surface area contributed by atoms with Crippen molar-refractivity contribution in [2.45, 2.75) is 25.0 Å². The number of methoxy groups -OCH3 is 1. The summed E-state index contributed by atoms with van der Waals surface area (Å²) in [6.07, 6.45) is 1.32. The van der Waals surface area contributed by atoms with Crippen LogP contribution < -0.4 is 0 Å². The van der Waals surface area contributed by atoms with E-state index in [9.17, 15) is 9.90 Å². The van der Waals surface area contributed by atoms with Crippen molar-refractivity contribution in [3.8, 4) is 0 Å². The number of ether oxygens (including phenoxy) is 1.